The minimum absolute atomic E-state index is 0.165. The average molecular weight is 308 g/mol. The van der Waals surface area contributed by atoms with Crippen molar-refractivity contribution in [2.75, 3.05) is 5.73 Å². The predicted molar refractivity (Wildman–Crippen MR) is 73.9 cm³/mol. The largest absolute Gasteiger partial charge is 0.398 e. The molecule has 106 valence electrons. The van der Waals surface area contributed by atoms with Gasteiger partial charge in [-0.2, -0.15) is 4.68 Å². The number of benzene rings is 2. The predicted octanol–water partition coefficient (Wildman–Crippen LogP) is 2.84. The molecule has 0 aliphatic carbocycles. The normalized spacial score (nSPS) is 10.8. The molecule has 0 radical (unpaired) electrons. The first-order chi connectivity index (χ1) is 10.1. The highest BCUT2D eigenvalue weighted by molar-refractivity contribution is 6.32. The third-order valence-corrected chi connectivity index (χ3v) is 3.18. The molecule has 2 aromatic carbocycles. The van der Waals surface area contributed by atoms with Gasteiger partial charge in [0.05, 0.1) is 10.7 Å². The maximum atomic E-state index is 13.4. The zero-order chi connectivity index (χ0) is 15.0. The molecule has 1 aromatic heterocycles. The fraction of sp³-hybridized carbons (Fsp3) is 0. The second-order valence-corrected chi connectivity index (χ2v) is 4.65. The number of aromatic nitrogens is 4. The van der Waals surface area contributed by atoms with Crippen LogP contribution in [0.1, 0.15) is 0 Å². The standard InChI is InChI=1S/C13H8ClF2N5/c14-10-4-2-8(16)6-12(10)21-13(18-19-20-21)9-3-1-7(15)5-11(9)17/h1-6H,17H2. The van der Waals surface area contributed by atoms with Crippen molar-refractivity contribution < 1.29 is 8.78 Å². The molecule has 8 heteroatoms. The first-order valence-corrected chi connectivity index (χ1v) is 6.23. The molecule has 0 atom stereocenters. The maximum Gasteiger partial charge on any atom is 0.189 e. The van der Waals surface area contributed by atoms with E-state index in [1.165, 1.54) is 35.0 Å². The lowest BCUT2D eigenvalue weighted by molar-refractivity contribution is 0.625. The first kappa shape index (κ1) is 13.4. The summed E-state index contributed by atoms with van der Waals surface area (Å²) in [6, 6.07) is 7.65. The number of halogens is 3. The Hall–Kier alpha value is -2.54. The molecule has 0 aliphatic heterocycles. The van der Waals surface area contributed by atoms with E-state index in [0.717, 1.165) is 6.07 Å². The first-order valence-electron chi connectivity index (χ1n) is 5.85. The van der Waals surface area contributed by atoms with Gasteiger partial charge in [-0.05, 0) is 40.8 Å². The number of tetrazole rings is 1. The zero-order valence-corrected chi connectivity index (χ0v) is 11.2. The molecule has 3 aromatic rings. The Labute approximate surface area is 123 Å². The zero-order valence-electron chi connectivity index (χ0n) is 10.5. The molecule has 0 bridgehead atoms. The van der Waals surface area contributed by atoms with Crippen molar-refractivity contribution in [3.63, 3.8) is 0 Å². The van der Waals surface area contributed by atoms with Gasteiger partial charge < -0.3 is 5.73 Å². The number of rotatable bonds is 2. The molecule has 0 fully saturated rings. The van der Waals surface area contributed by atoms with Gasteiger partial charge in [0.25, 0.3) is 0 Å². The van der Waals surface area contributed by atoms with Crippen LogP contribution >= 0.6 is 11.6 Å². The monoisotopic (exact) mass is 307 g/mol. The highest BCUT2D eigenvalue weighted by atomic mass is 35.5. The Kier molecular flexibility index (Phi) is 3.26. The van der Waals surface area contributed by atoms with E-state index in [0.29, 0.717) is 5.56 Å². The van der Waals surface area contributed by atoms with Crippen LogP contribution < -0.4 is 5.73 Å². The fourth-order valence-corrected chi connectivity index (χ4v) is 2.10. The molecule has 1 heterocycles. The van der Waals surface area contributed by atoms with Crippen molar-refractivity contribution in [1.29, 1.82) is 0 Å². The Bertz CT molecular complexity index is 818. The highest BCUT2D eigenvalue weighted by Gasteiger charge is 2.16. The summed E-state index contributed by atoms with van der Waals surface area (Å²) in [6.07, 6.45) is 0. The van der Waals surface area contributed by atoms with E-state index in [2.05, 4.69) is 15.5 Å². The summed E-state index contributed by atoms with van der Waals surface area (Å²) >= 11 is 6.04. The van der Waals surface area contributed by atoms with Gasteiger partial charge in [0, 0.05) is 17.3 Å². The Morgan fingerprint density at radius 3 is 2.52 bits per heavy atom. The number of nitrogen functional groups attached to an aromatic ring is 1. The van der Waals surface area contributed by atoms with Gasteiger partial charge in [-0.3, -0.25) is 0 Å². The molecule has 0 saturated carbocycles. The van der Waals surface area contributed by atoms with Gasteiger partial charge in [-0.15, -0.1) is 5.10 Å². The van der Waals surface area contributed by atoms with Crippen molar-refractivity contribution in [3.8, 4) is 17.1 Å². The molecule has 21 heavy (non-hydrogen) atoms. The summed E-state index contributed by atoms with van der Waals surface area (Å²) < 4.78 is 27.8. The van der Waals surface area contributed by atoms with Crippen LogP contribution in [-0.2, 0) is 0 Å². The second-order valence-electron chi connectivity index (χ2n) is 4.24. The van der Waals surface area contributed by atoms with E-state index < -0.39 is 11.6 Å². The van der Waals surface area contributed by atoms with Gasteiger partial charge in [0.2, 0.25) is 0 Å². The summed E-state index contributed by atoms with van der Waals surface area (Å²) in [5.74, 6) is -0.720. The van der Waals surface area contributed by atoms with Crippen LogP contribution in [-0.4, -0.2) is 20.2 Å². The van der Waals surface area contributed by atoms with Crippen LogP contribution in [0.15, 0.2) is 36.4 Å². The Morgan fingerprint density at radius 1 is 1.05 bits per heavy atom. The smallest absolute Gasteiger partial charge is 0.189 e. The lowest BCUT2D eigenvalue weighted by atomic mass is 10.1. The summed E-state index contributed by atoms with van der Waals surface area (Å²) in [5.41, 5.74) is 6.62. The molecule has 0 spiro atoms. The van der Waals surface area contributed by atoms with E-state index in [-0.39, 0.29) is 22.2 Å². The summed E-state index contributed by atoms with van der Waals surface area (Å²) in [5, 5.41) is 11.4. The van der Waals surface area contributed by atoms with Gasteiger partial charge in [-0.1, -0.05) is 11.6 Å². The van der Waals surface area contributed by atoms with Gasteiger partial charge in [-0.25, -0.2) is 8.78 Å². The van der Waals surface area contributed by atoms with Crippen molar-refractivity contribution in [2.45, 2.75) is 0 Å². The minimum Gasteiger partial charge on any atom is -0.398 e. The third-order valence-electron chi connectivity index (χ3n) is 2.86. The molecule has 0 unspecified atom stereocenters. The van der Waals surface area contributed by atoms with E-state index in [1.807, 2.05) is 0 Å². The molecular formula is C13H8ClF2N5. The quantitative estimate of drug-likeness (QED) is 0.739. The number of hydrogen-bond acceptors (Lipinski definition) is 4. The summed E-state index contributed by atoms with van der Waals surface area (Å²) in [6.45, 7) is 0. The molecule has 3 rings (SSSR count). The van der Waals surface area contributed by atoms with Crippen LogP contribution in [0.4, 0.5) is 14.5 Å². The van der Waals surface area contributed by atoms with Gasteiger partial charge >= 0.3 is 0 Å². The molecule has 2 N–H and O–H groups in total. The Morgan fingerprint density at radius 2 is 1.76 bits per heavy atom. The van der Waals surface area contributed by atoms with Crippen LogP contribution in [0.2, 0.25) is 5.02 Å². The van der Waals surface area contributed by atoms with E-state index in [1.54, 1.807) is 0 Å². The molecular weight excluding hydrogens is 300 g/mol. The summed E-state index contributed by atoms with van der Waals surface area (Å²) in [7, 11) is 0. The van der Waals surface area contributed by atoms with Crippen LogP contribution in [0.25, 0.3) is 17.1 Å². The SMILES string of the molecule is Nc1cc(F)ccc1-c1nnnn1-c1cc(F)ccc1Cl. The second kappa shape index (κ2) is 5.10. The van der Waals surface area contributed by atoms with Crippen molar-refractivity contribution in [3.05, 3.63) is 53.1 Å². The van der Waals surface area contributed by atoms with E-state index in [4.69, 9.17) is 17.3 Å². The topological polar surface area (TPSA) is 69.6 Å². The van der Waals surface area contributed by atoms with Crippen LogP contribution in [0.3, 0.4) is 0 Å². The number of nitrogens with zero attached hydrogens (tertiary/aromatic N) is 4. The minimum atomic E-state index is -0.483. The fourth-order valence-electron chi connectivity index (χ4n) is 1.90. The molecule has 5 nitrogen and oxygen atoms in total. The highest BCUT2D eigenvalue weighted by Crippen LogP contribution is 2.28. The van der Waals surface area contributed by atoms with E-state index in [9.17, 15) is 8.78 Å². The van der Waals surface area contributed by atoms with Gasteiger partial charge in [0.15, 0.2) is 5.82 Å². The number of anilines is 1. The number of nitrogens with two attached hydrogens (primary N) is 1. The van der Waals surface area contributed by atoms with Crippen molar-refractivity contribution in [1.82, 2.24) is 20.2 Å². The lowest BCUT2D eigenvalue weighted by Gasteiger charge is -2.08. The number of hydrogen-bond donors (Lipinski definition) is 1. The van der Waals surface area contributed by atoms with Gasteiger partial charge in [0.1, 0.15) is 11.6 Å². The lowest BCUT2D eigenvalue weighted by Crippen LogP contribution is -2.03. The van der Waals surface area contributed by atoms with Crippen molar-refractivity contribution >= 4 is 17.3 Å². The molecule has 0 amide bonds. The van der Waals surface area contributed by atoms with Crippen LogP contribution in [0.5, 0.6) is 0 Å². The molecule has 0 aliphatic rings. The maximum absolute atomic E-state index is 13.4. The summed E-state index contributed by atoms with van der Waals surface area (Å²) in [4.78, 5) is 0. The third kappa shape index (κ3) is 2.43. The van der Waals surface area contributed by atoms with Crippen molar-refractivity contribution in [2.24, 2.45) is 0 Å². The Balaban J connectivity index is 2.19. The van der Waals surface area contributed by atoms with E-state index >= 15 is 0 Å². The van der Waals surface area contributed by atoms with Crippen LogP contribution in [0, 0.1) is 11.6 Å². The molecule has 0 saturated heterocycles. The average Bonchev–Trinajstić information content (AvgIpc) is 2.90.